The fourth-order valence-electron chi connectivity index (χ4n) is 1.84. The van der Waals surface area contributed by atoms with Gasteiger partial charge in [0, 0.05) is 18.2 Å². The summed E-state index contributed by atoms with van der Waals surface area (Å²) in [7, 11) is -3.54. The van der Waals surface area contributed by atoms with E-state index in [4.69, 9.17) is 0 Å². The van der Waals surface area contributed by atoms with Crippen molar-refractivity contribution >= 4 is 21.8 Å². The first-order chi connectivity index (χ1) is 10.0. The molecule has 3 N–H and O–H groups in total. The van der Waals surface area contributed by atoms with Crippen LogP contribution < -0.4 is 10.0 Å². The Morgan fingerprint density at radius 2 is 2.19 bits per heavy atom. The highest BCUT2D eigenvalue weighted by Crippen LogP contribution is 2.13. The summed E-state index contributed by atoms with van der Waals surface area (Å²) in [6.45, 7) is 7.40. The molecular formula is C13H26N4O2S2. The number of hydrogen-bond acceptors (Lipinski definition) is 5. The molecule has 0 saturated heterocycles. The Morgan fingerprint density at radius 3 is 2.86 bits per heavy atom. The molecule has 0 radical (unpaired) electrons. The topological polar surface area (TPSA) is 86.9 Å². The van der Waals surface area contributed by atoms with Crippen LogP contribution in [0.1, 0.15) is 39.2 Å². The number of hydrogen-bond donors (Lipinski definition) is 3. The maximum absolute atomic E-state index is 12.4. The fourth-order valence-corrected chi connectivity index (χ4v) is 4.06. The van der Waals surface area contributed by atoms with E-state index in [1.54, 1.807) is 6.20 Å². The van der Waals surface area contributed by atoms with E-state index in [2.05, 4.69) is 34.1 Å². The molecule has 1 heterocycles. The minimum atomic E-state index is -3.54. The molecule has 0 bridgehead atoms. The highest BCUT2D eigenvalue weighted by molar-refractivity contribution is 7.99. The maximum atomic E-state index is 12.4. The van der Waals surface area contributed by atoms with Crippen molar-refractivity contribution in [1.29, 1.82) is 0 Å². The van der Waals surface area contributed by atoms with Crippen molar-refractivity contribution in [2.24, 2.45) is 0 Å². The second-order valence-corrected chi connectivity index (χ2v) is 7.95. The lowest BCUT2D eigenvalue weighted by Gasteiger charge is -2.14. The van der Waals surface area contributed by atoms with E-state index in [9.17, 15) is 8.42 Å². The summed E-state index contributed by atoms with van der Waals surface area (Å²) in [5.41, 5.74) is 0.672. The zero-order valence-electron chi connectivity index (χ0n) is 13.0. The number of thioether (sulfide) groups is 1. The standard InChI is InChI=1S/C13H26N4O2S2/c1-4-7-14-9-12-10-15-16-13(12)21(18,19)17-11(3)6-8-20-5-2/h10-11,14,17H,4-9H2,1-3H3,(H,15,16). The average Bonchev–Trinajstić information content (AvgIpc) is 2.88. The largest absolute Gasteiger partial charge is 0.313 e. The summed E-state index contributed by atoms with van der Waals surface area (Å²) in [5, 5.41) is 9.82. The first-order valence-electron chi connectivity index (χ1n) is 7.34. The number of aromatic nitrogens is 2. The van der Waals surface area contributed by atoms with Gasteiger partial charge in [-0.05, 0) is 37.8 Å². The molecule has 8 heteroatoms. The molecule has 1 rings (SSSR count). The van der Waals surface area contributed by atoms with E-state index < -0.39 is 10.0 Å². The summed E-state index contributed by atoms with van der Waals surface area (Å²) in [6.07, 6.45) is 3.38. The first-order valence-corrected chi connectivity index (χ1v) is 9.98. The van der Waals surface area contributed by atoms with Gasteiger partial charge in [-0.25, -0.2) is 13.1 Å². The van der Waals surface area contributed by atoms with Gasteiger partial charge in [0.2, 0.25) is 0 Å². The van der Waals surface area contributed by atoms with Gasteiger partial charge in [-0.1, -0.05) is 13.8 Å². The van der Waals surface area contributed by atoms with E-state index in [1.165, 1.54) is 0 Å². The van der Waals surface area contributed by atoms with E-state index in [1.807, 2.05) is 18.7 Å². The Bertz CT molecular complexity index is 502. The van der Waals surface area contributed by atoms with Crippen LogP contribution in [0.2, 0.25) is 0 Å². The van der Waals surface area contributed by atoms with E-state index >= 15 is 0 Å². The van der Waals surface area contributed by atoms with Gasteiger partial charge in [0.05, 0.1) is 6.20 Å². The molecule has 1 atom stereocenters. The third-order valence-corrected chi connectivity index (χ3v) is 5.48. The van der Waals surface area contributed by atoms with Gasteiger partial charge in [-0.15, -0.1) is 0 Å². The third-order valence-electron chi connectivity index (χ3n) is 2.94. The number of H-pyrrole nitrogens is 1. The molecule has 21 heavy (non-hydrogen) atoms. The van der Waals surface area contributed by atoms with Crippen LogP contribution in [0.15, 0.2) is 11.2 Å². The average molecular weight is 335 g/mol. The second kappa shape index (κ2) is 9.45. The number of aromatic amines is 1. The van der Waals surface area contributed by atoms with Crippen LogP contribution in [0.4, 0.5) is 0 Å². The molecule has 1 aromatic heterocycles. The Morgan fingerprint density at radius 1 is 1.43 bits per heavy atom. The number of sulfonamides is 1. The zero-order chi connectivity index (χ0) is 15.7. The van der Waals surface area contributed by atoms with Gasteiger partial charge in [-0.2, -0.15) is 16.9 Å². The summed E-state index contributed by atoms with van der Waals surface area (Å²) >= 11 is 1.81. The minimum absolute atomic E-state index is 0.0891. The summed E-state index contributed by atoms with van der Waals surface area (Å²) < 4.78 is 27.5. The van der Waals surface area contributed by atoms with Crippen LogP contribution in [0, 0.1) is 0 Å². The van der Waals surface area contributed by atoms with Gasteiger partial charge in [0.25, 0.3) is 10.0 Å². The highest BCUT2D eigenvalue weighted by Gasteiger charge is 2.22. The lowest BCUT2D eigenvalue weighted by Crippen LogP contribution is -2.34. The molecule has 0 aromatic carbocycles. The monoisotopic (exact) mass is 334 g/mol. The summed E-state index contributed by atoms with van der Waals surface area (Å²) in [6, 6.07) is -0.0891. The molecule has 0 aliphatic rings. The van der Waals surface area contributed by atoms with Gasteiger partial charge in [0.1, 0.15) is 0 Å². The van der Waals surface area contributed by atoms with Crippen LogP contribution in [-0.4, -0.2) is 42.7 Å². The van der Waals surface area contributed by atoms with Crippen molar-refractivity contribution in [3.8, 4) is 0 Å². The molecule has 122 valence electrons. The predicted octanol–water partition coefficient (Wildman–Crippen LogP) is 1.72. The number of nitrogens with one attached hydrogen (secondary N) is 3. The lowest BCUT2D eigenvalue weighted by molar-refractivity contribution is 0.550. The van der Waals surface area contributed by atoms with Gasteiger partial charge in [0.15, 0.2) is 5.03 Å². The quantitative estimate of drug-likeness (QED) is 0.536. The number of rotatable bonds is 11. The fraction of sp³-hybridized carbons (Fsp3) is 0.769. The third kappa shape index (κ3) is 6.37. The Balaban J connectivity index is 2.63. The molecular weight excluding hydrogens is 308 g/mol. The van der Waals surface area contributed by atoms with Crippen LogP contribution in [0.25, 0.3) is 0 Å². The molecule has 0 aliphatic heterocycles. The first kappa shape index (κ1) is 18.5. The van der Waals surface area contributed by atoms with Crippen molar-refractivity contribution < 1.29 is 8.42 Å². The highest BCUT2D eigenvalue weighted by atomic mass is 32.2. The maximum Gasteiger partial charge on any atom is 0.258 e. The minimum Gasteiger partial charge on any atom is -0.313 e. The van der Waals surface area contributed by atoms with Crippen LogP contribution >= 0.6 is 11.8 Å². The molecule has 6 nitrogen and oxygen atoms in total. The van der Waals surface area contributed by atoms with Gasteiger partial charge in [-0.3, -0.25) is 5.10 Å². The molecule has 0 amide bonds. The second-order valence-electron chi connectivity index (χ2n) is 4.91. The van der Waals surface area contributed by atoms with E-state index in [-0.39, 0.29) is 11.1 Å². The SMILES string of the molecule is CCCNCc1cn[nH]c1S(=O)(=O)NC(C)CCSCC. The van der Waals surface area contributed by atoms with Crippen molar-refractivity contribution in [2.75, 3.05) is 18.1 Å². The zero-order valence-corrected chi connectivity index (χ0v) is 14.6. The smallest absolute Gasteiger partial charge is 0.258 e. The Kier molecular flexibility index (Phi) is 8.31. The van der Waals surface area contributed by atoms with Crippen LogP contribution in [0.5, 0.6) is 0 Å². The normalized spacial score (nSPS) is 13.5. The summed E-state index contributed by atoms with van der Waals surface area (Å²) in [4.78, 5) is 0. The van der Waals surface area contributed by atoms with Crippen LogP contribution in [-0.2, 0) is 16.6 Å². The molecule has 0 fully saturated rings. The van der Waals surface area contributed by atoms with Crippen molar-refractivity contribution in [2.45, 2.75) is 51.2 Å². The molecule has 0 spiro atoms. The van der Waals surface area contributed by atoms with E-state index in [0.29, 0.717) is 12.1 Å². The van der Waals surface area contributed by atoms with Crippen molar-refractivity contribution in [3.05, 3.63) is 11.8 Å². The predicted molar refractivity (Wildman–Crippen MR) is 88.0 cm³/mol. The summed E-state index contributed by atoms with van der Waals surface area (Å²) in [5.74, 6) is 2.00. The van der Waals surface area contributed by atoms with Crippen LogP contribution in [0.3, 0.4) is 0 Å². The van der Waals surface area contributed by atoms with Gasteiger partial charge < -0.3 is 5.32 Å². The van der Waals surface area contributed by atoms with E-state index in [0.717, 1.165) is 30.9 Å². The number of nitrogens with zero attached hydrogens (tertiary/aromatic N) is 1. The molecule has 0 aliphatic carbocycles. The molecule has 1 unspecified atom stereocenters. The van der Waals surface area contributed by atoms with Crippen molar-refractivity contribution in [3.63, 3.8) is 0 Å². The Labute approximate surface area is 131 Å². The Hall–Kier alpha value is -0.570. The molecule has 1 aromatic rings. The van der Waals surface area contributed by atoms with Crippen molar-refractivity contribution in [1.82, 2.24) is 20.2 Å². The molecule has 0 saturated carbocycles. The lowest BCUT2D eigenvalue weighted by atomic mass is 10.3. The van der Waals surface area contributed by atoms with Gasteiger partial charge >= 0.3 is 0 Å².